The number of nitrogens with zero attached hydrogens (tertiary/aromatic N) is 1. The van der Waals surface area contributed by atoms with Gasteiger partial charge in [0.15, 0.2) is 6.61 Å². The maximum atomic E-state index is 13.1. The molecule has 0 saturated heterocycles. The number of benzene rings is 2. The quantitative estimate of drug-likeness (QED) is 0.676. The molecule has 0 unspecified atom stereocenters. The Bertz CT molecular complexity index is 895. The number of para-hydroxylation sites is 2. The van der Waals surface area contributed by atoms with Crippen LogP contribution in [0.25, 0.3) is 6.08 Å². The molecule has 1 N–H and O–H groups in total. The third kappa shape index (κ3) is 4.13. The SMILES string of the molecule is O=C1CN(C(=O)COC(=O)C=Cc2cccc(F)c2)c2ccccc2N1. The van der Waals surface area contributed by atoms with Crippen LogP contribution in [0.5, 0.6) is 0 Å². The van der Waals surface area contributed by atoms with Gasteiger partial charge in [-0.05, 0) is 35.9 Å². The van der Waals surface area contributed by atoms with Crippen LogP contribution in [-0.2, 0) is 19.1 Å². The minimum atomic E-state index is -0.739. The van der Waals surface area contributed by atoms with Crippen LogP contribution < -0.4 is 10.2 Å². The highest BCUT2D eigenvalue weighted by Gasteiger charge is 2.26. The van der Waals surface area contributed by atoms with Gasteiger partial charge < -0.3 is 10.1 Å². The predicted molar refractivity (Wildman–Crippen MR) is 93.8 cm³/mol. The Labute approximate surface area is 148 Å². The van der Waals surface area contributed by atoms with Gasteiger partial charge in [0.25, 0.3) is 5.91 Å². The van der Waals surface area contributed by atoms with Crippen molar-refractivity contribution in [3.63, 3.8) is 0 Å². The molecule has 7 heteroatoms. The normalized spacial score (nSPS) is 13.3. The summed E-state index contributed by atoms with van der Waals surface area (Å²) in [4.78, 5) is 37.0. The molecule has 2 aromatic carbocycles. The molecule has 0 aliphatic carbocycles. The number of esters is 1. The Morgan fingerprint density at radius 3 is 2.81 bits per heavy atom. The zero-order valence-electron chi connectivity index (χ0n) is 13.6. The largest absolute Gasteiger partial charge is 0.452 e. The molecule has 1 aliphatic rings. The highest BCUT2D eigenvalue weighted by molar-refractivity contribution is 6.10. The van der Waals surface area contributed by atoms with Gasteiger partial charge in [-0.3, -0.25) is 14.5 Å². The van der Waals surface area contributed by atoms with Crippen molar-refractivity contribution in [3.05, 3.63) is 66.0 Å². The van der Waals surface area contributed by atoms with Crippen LogP contribution in [0.4, 0.5) is 15.8 Å². The van der Waals surface area contributed by atoms with E-state index in [1.165, 1.54) is 29.2 Å². The second-order valence-corrected chi connectivity index (χ2v) is 5.54. The third-order valence-electron chi connectivity index (χ3n) is 3.67. The molecule has 1 aliphatic heterocycles. The minimum Gasteiger partial charge on any atom is -0.452 e. The lowest BCUT2D eigenvalue weighted by molar-refractivity contribution is -0.143. The van der Waals surface area contributed by atoms with Crippen molar-refractivity contribution in [2.45, 2.75) is 0 Å². The van der Waals surface area contributed by atoms with E-state index in [-0.39, 0.29) is 12.5 Å². The molecule has 2 aromatic rings. The van der Waals surface area contributed by atoms with Gasteiger partial charge in [0.05, 0.1) is 11.4 Å². The molecular weight excluding hydrogens is 339 g/mol. The zero-order chi connectivity index (χ0) is 18.5. The van der Waals surface area contributed by atoms with E-state index in [0.717, 1.165) is 6.08 Å². The molecule has 3 rings (SSSR count). The summed E-state index contributed by atoms with van der Waals surface area (Å²) in [7, 11) is 0. The molecule has 0 radical (unpaired) electrons. The number of anilines is 2. The van der Waals surface area contributed by atoms with Crippen molar-refractivity contribution >= 4 is 35.2 Å². The number of halogens is 1. The Kier molecular flexibility index (Phi) is 5.07. The number of carbonyl (C=O) groups excluding carboxylic acids is 3. The number of nitrogens with one attached hydrogen (secondary N) is 1. The van der Waals surface area contributed by atoms with E-state index in [9.17, 15) is 18.8 Å². The molecule has 2 amide bonds. The lowest BCUT2D eigenvalue weighted by Gasteiger charge is -2.28. The molecule has 0 atom stereocenters. The fraction of sp³-hybridized carbons (Fsp3) is 0.105. The molecule has 0 bridgehead atoms. The van der Waals surface area contributed by atoms with Gasteiger partial charge in [0.1, 0.15) is 12.4 Å². The number of fused-ring (bicyclic) bond motifs is 1. The molecule has 26 heavy (non-hydrogen) atoms. The van der Waals surface area contributed by atoms with Gasteiger partial charge >= 0.3 is 5.97 Å². The van der Waals surface area contributed by atoms with Crippen LogP contribution in [-0.4, -0.2) is 30.9 Å². The summed E-state index contributed by atoms with van der Waals surface area (Å²) in [6.45, 7) is -0.652. The van der Waals surface area contributed by atoms with Crippen molar-refractivity contribution in [1.29, 1.82) is 0 Å². The topological polar surface area (TPSA) is 75.7 Å². The number of hydrogen-bond acceptors (Lipinski definition) is 4. The second kappa shape index (κ2) is 7.60. The maximum absolute atomic E-state index is 13.1. The zero-order valence-corrected chi connectivity index (χ0v) is 13.6. The predicted octanol–water partition coefficient (Wildman–Crippen LogP) is 2.37. The Morgan fingerprint density at radius 2 is 2.00 bits per heavy atom. The smallest absolute Gasteiger partial charge is 0.331 e. The van der Waals surface area contributed by atoms with Crippen molar-refractivity contribution in [2.24, 2.45) is 0 Å². The lowest BCUT2D eigenvalue weighted by Crippen LogP contribution is -2.43. The van der Waals surface area contributed by atoms with Crippen LogP contribution in [0.15, 0.2) is 54.6 Å². The van der Waals surface area contributed by atoms with E-state index < -0.39 is 24.3 Å². The van der Waals surface area contributed by atoms with Crippen molar-refractivity contribution in [2.75, 3.05) is 23.4 Å². The van der Waals surface area contributed by atoms with Gasteiger partial charge in [-0.25, -0.2) is 9.18 Å². The van der Waals surface area contributed by atoms with E-state index in [4.69, 9.17) is 4.74 Å². The third-order valence-corrected chi connectivity index (χ3v) is 3.67. The monoisotopic (exact) mass is 354 g/mol. The summed E-state index contributed by atoms with van der Waals surface area (Å²) in [5.74, 6) is -2.00. The Morgan fingerprint density at radius 1 is 1.19 bits per heavy atom. The van der Waals surface area contributed by atoms with Gasteiger partial charge in [0, 0.05) is 6.08 Å². The first-order valence-electron chi connectivity index (χ1n) is 7.82. The number of ether oxygens (including phenoxy) is 1. The minimum absolute atomic E-state index is 0.146. The molecular formula is C19H15FN2O4. The number of carbonyl (C=O) groups is 3. The molecule has 0 saturated carbocycles. The first-order valence-corrected chi connectivity index (χ1v) is 7.82. The van der Waals surface area contributed by atoms with E-state index >= 15 is 0 Å². The summed E-state index contributed by atoms with van der Waals surface area (Å²) in [6, 6.07) is 12.6. The second-order valence-electron chi connectivity index (χ2n) is 5.54. The van der Waals surface area contributed by atoms with Crippen LogP contribution in [0.1, 0.15) is 5.56 Å². The van der Waals surface area contributed by atoms with Crippen molar-refractivity contribution in [1.82, 2.24) is 0 Å². The number of amides is 2. The van der Waals surface area contributed by atoms with Crippen LogP contribution in [0.2, 0.25) is 0 Å². The maximum Gasteiger partial charge on any atom is 0.331 e. The molecule has 6 nitrogen and oxygen atoms in total. The van der Waals surface area contributed by atoms with E-state index in [0.29, 0.717) is 16.9 Å². The first-order chi connectivity index (χ1) is 12.5. The first kappa shape index (κ1) is 17.3. The summed E-state index contributed by atoms with van der Waals surface area (Å²) < 4.78 is 18.0. The van der Waals surface area contributed by atoms with Gasteiger partial charge in [-0.2, -0.15) is 0 Å². The fourth-order valence-electron chi connectivity index (χ4n) is 2.49. The highest BCUT2D eigenvalue weighted by atomic mass is 19.1. The molecule has 0 aromatic heterocycles. The van der Waals surface area contributed by atoms with E-state index in [2.05, 4.69) is 5.32 Å². The average molecular weight is 354 g/mol. The standard InChI is InChI=1S/C19H15FN2O4/c20-14-5-3-4-13(10-14)8-9-19(25)26-12-18(24)22-11-17(23)21-15-6-1-2-7-16(15)22/h1-10H,11-12H2,(H,21,23). The van der Waals surface area contributed by atoms with Crippen LogP contribution in [0.3, 0.4) is 0 Å². The molecule has 1 heterocycles. The summed E-state index contributed by atoms with van der Waals surface area (Å²) in [6.07, 6.45) is 2.50. The molecule has 0 fully saturated rings. The van der Waals surface area contributed by atoms with Gasteiger partial charge in [-0.1, -0.05) is 24.3 Å². The molecule has 132 valence electrons. The Balaban J connectivity index is 1.60. The van der Waals surface area contributed by atoms with Gasteiger partial charge in [0.2, 0.25) is 5.91 Å². The lowest BCUT2D eigenvalue weighted by atomic mass is 10.2. The van der Waals surface area contributed by atoms with Crippen molar-refractivity contribution in [3.8, 4) is 0 Å². The average Bonchev–Trinajstić information content (AvgIpc) is 2.63. The van der Waals surface area contributed by atoms with E-state index in [1.807, 2.05) is 0 Å². The van der Waals surface area contributed by atoms with Gasteiger partial charge in [-0.15, -0.1) is 0 Å². The summed E-state index contributed by atoms with van der Waals surface area (Å²) in [5.41, 5.74) is 1.56. The number of rotatable bonds is 4. The van der Waals surface area contributed by atoms with Crippen molar-refractivity contribution < 1.29 is 23.5 Å². The van der Waals surface area contributed by atoms with Crippen LogP contribution >= 0.6 is 0 Å². The van der Waals surface area contributed by atoms with E-state index in [1.54, 1.807) is 30.3 Å². The fourth-order valence-corrected chi connectivity index (χ4v) is 2.49. The summed E-state index contributed by atoms with van der Waals surface area (Å²) in [5, 5.41) is 2.67. The molecule has 0 spiro atoms. The number of hydrogen-bond donors (Lipinski definition) is 1. The van der Waals surface area contributed by atoms with Crippen LogP contribution in [0, 0.1) is 5.82 Å². The Hall–Kier alpha value is -3.48. The summed E-state index contributed by atoms with van der Waals surface area (Å²) >= 11 is 0. The highest BCUT2D eigenvalue weighted by Crippen LogP contribution is 2.28.